The minimum Gasteiger partial charge on any atom is -0.462 e. The molecule has 6 heteroatoms. The Balaban J connectivity index is 2.42. The lowest BCUT2D eigenvalue weighted by Gasteiger charge is -2.30. The molecule has 1 heterocycles. The number of esters is 1. The Labute approximate surface area is 109 Å². The average Bonchev–Trinajstić information content (AvgIpc) is 2.79. The molecule has 1 aliphatic heterocycles. The van der Waals surface area contributed by atoms with Gasteiger partial charge in [0, 0.05) is 18.7 Å². The Bertz CT molecular complexity index is 449. The van der Waals surface area contributed by atoms with Crippen LogP contribution in [0.2, 0.25) is 0 Å². The highest BCUT2D eigenvalue weighted by atomic mass is 19.4. The molecule has 0 aromatic carbocycles. The van der Waals surface area contributed by atoms with Crippen LogP contribution in [0.5, 0.6) is 0 Å². The summed E-state index contributed by atoms with van der Waals surface area (Å²) in [7, 11) is 1.71. The van der Waals surface area contributed by atoms with E-state index in [1.54, 1.807) is 11.9 Å². The van der Waals surface area contributed by atoms with E-state index in [1.165, 1.54) is 6.92 Å². The Morgan fingerprint density at radius 1 is 1.53 bits per heavy atom. The Hall–Kier alpha value is -1.46. The van der Waals surface area contributed by atoms with E-state index in [0.717, 1.165) is 5.70 Å². The van der Waals surface area contributed by atoms with Gasteiger partial charge in [-0.2, -0.15) is 13.2 Å². The van der Waals surface area contributed by atoms with E-state index < -0.39 is 17.7 Å². The first-order chi connectivity index (χ1) is 8.77. The van der Waals surface area contributed by atoms with Gasteiger partial charge in [-0.3, -0.25) is 0 Å². The standard InChI is InChI=1S/C13H16F3NO2/c1-4-19-12(18)11(13(14,15)16)9-5-8-6-10(9)17(3)7(8)2/h8,10H,2,4-6H2,1,3H3/b11-9-. The molecule has 2 atom stereocenters. The molecule has 0 N–H and O–H groups in total. The summed E-state index contributed by atoms with van der Waals surface area (Å²) < 4.78 is 43.8. The summed E-state index contributed by atoms with van der Waals surface area (Å²) in [6.07, 6.45) is -3.82. The molecule has 2 bridgehead atoms. The van der Waals surface area contributed by atoms with Crippen LogP contribution in [0.25, 0.3) is 0 Å². The van der Waals surface area contributed by atoms with Gasteiger partial charge in [0.2, 0.25) is 0 Å². The number of halogens is 3. The molecule has 0 aromatic rings. The number of allylic oxidation sites excluding steroid dienone is 1. The van der Waals surface area contributed by atoms with Gasteiger partial charge in [-0.05, 0) is 25.3 Å². The van der Waals surface area contributed by atoms with Crippen molar-refractivity contribution in [3.63, 3.8) is 0 Å². The quantitative estimate of drug-likeness (QED) is 0.573. The summed E-state index contributed by atoms with van der Waals surface area (Å²) in [4.78, 5) is 13.3. The van der Waals surface area contributed by atoms with Crippen LogP contribution in [0, 0.1) is 5.92 Å². The van der Waals surface area contributed by atoms with Crippen molar-refractivity contribution < 1.29 is 22.7 Å². The topological polar surface area (TPSA) is 29.5 Å². The van der Waals surface area contributed by atoms with Crippen LogP contribution in [0.3, 0.4) is 0 Å². The maximum Gasteiger partial charge on any atom is 0.423 e. The van der Waals surface area contributed by atoms with Gasteiger partial charge in [-0.15, -0.1) is 0 Å². The van der Waals surface area contributed by atoms with E-state index in [9.17, 15) is 18.0 Å². The highest BCUT2D eigenvalue weighted by Crippen LogP contribution is 2.49. The summed E-state index contributed by atoms with van der Waals surface area (Å²) in [6, 6.07) is -0.376. The zero-order valence-corrected chi connectivity index (χ0v) is 10.9. The Morgan fingerprint density at radius 2 is 2.16 bits per heavy atom. The van der Waals surface area contributed by atoms with E-state index in [1.807, 2.05) is 0 Å². The van der Waals surface area contributed by atoms with Crippen molar-refractivity contribution in [3.05, 3.63) is 23.4 Å². The lowest BCUT2D eigenvalue weighted by Crippen LogP contribution is -2.33. The molecule has 0 spiro atoms. The van der Waals surface area contributed by atoms with Gasteiger partial charge in [-0.25, -0.2) is 4.79 Å². The number of likely N-dealkylation sites (N-methyl/N-ethyl adjacent to an activating group) is 1. The molecule has 1 saturated carbocycles. The van der Waals surface area contributed by atoms with Crippen molar-refractivity contribution >= 4 is 5.97 Å². The molecule has 1 saturated heterocycles. The fourth-order valence-electron chi connectivity index (χ4n) is 2.93. The first kappa shape index (κ1) is 14.0. The van der Waals surface area contributed by atoms with Crippen molar-refractivity contribution in [2.24, 2.45) is 5.92 Å². The molecule has 19 heavy (non-hydrogen) atoms. The van der Waals surface area contributed by atoms with E-state index in [0.29, 0.717) is 6.42 Å². The van der Waals surface area contributed by atoms with Gasteiger partial charge in [0.15, 0.2) is 0 Å². The van der Waals surface area contributed by atoms with Gasteiger partial charge in [0.05, 0.1) is 12.6 Å². The number of fused-ring (bicyclic) bond motifs is 2. The number of nitrogens with zero attached hydrogens (tertiary/aromatic N) is 1. The molecular weight excluding hydrogens is 259 g/mol. The van der Waals surface area contributed by atoms with Gasteiger partial charge in [-0.1, -0.05) is 6.58 Å². The van der Waals surface area contributed by atoms with Crippen LogP contribution in [0.15, 0.2) is 23.4 Å². The first-order valence-electron chi connectivity index (χ1n) is 6.16. The molecule has 0 radical (unpaired) electrons. The minimum atomic E-state index is -4.67. The van der Waals surface area contributed by atoms with Crippen molar-refractivity contribution in [1.29, 1.82) is 0 Å². The number of alkyl halides is 3. The third-order valence-corrected chi connectivity index (χ3v) is 3.85. The SMILES string of the molecule is C=C1C2C/C(=C(\C(=O)OCC)C(F)(F)F)C(C2)N1C. The van der Waals surface area contributed by atoms with Gasteiger partial charge < -0.3 is 9.64 Å². The summed E-state index contributed by atoms with van der Waals surface area (Å²) in [5.74, 6) is -1.26. The van der Waals surface area contributed by atoms with Crippen LogP contribution in [0.4, 0.5) is 13.2 Å². The second kappa shape index (κ2) is 4.58. The summed E-state index contributed by atoms with van der Waals surface area (Å²) in [5.41, 5.74) is -0.133. The molecule has 1 aliphatic carbocycles. The van der Waals surface area contributed by atoms with E-state index in [4.69, 9.17) is 0 Å². The third kappa shape index (κ3) is 2.24. The second-order valence-electron chi connectivity index (χ2n) is 4.87. The largest absolute Gasteiger partial charge is 0.462 e. The monoisotopic (exact) mass is 275 g/mol. The summed E-state index contributed by atoms with van der Waals surface area (Å²) in [6.45, 7) is 5.29. The predicted octanol–water partition coefficient (Wildman–Crippen LogP) is 2.65. The number of rotatable bonds is 2. The normalized spacial score (nSPS) is 28.9. The van der Waals surface area contributed by atoms with E-state index >= 15 is 0 Å². The molecule has 3 nitrogen and oxygen atoms in total. The fraction of sp³-hybridized carbons (Fsp3) is 0.615. The van der Waals surface area contributed by atoms with Crippen molar-refractivity contribution in [2.45, 2.75) is 32.0 Å². The van der Waals surface area contributed by atoms with Crippen LogP contribution >= 0.6 is 0 Å². The van der Waals surface area contributed by atoms with E-state index in [2.05, 4.69) is 11.3 Å². The maximum absolute atomic E-state index is 13.1. The van der Waals surface area contributed by atoms with Crippen LogP contribution in [0.1, 0.15) is 19.8 Å². The minimum absolute atomic E-state index is 0.0109. The number of carbonyl (C=O) groups is 1. The molecular formula is C13H16F3NO2. The maximum atomic E-state index is 13.1. The third-order valence-electron chi connectivity index (χ3n) is 3.85. The number of likely N-dealkylation sites (tertiary alicyclic amines) is 1. The molecule has 2 unspecified atom stereocenters. The summed E-state index contributed by atoms with van der Waals surface area (Å²) >= 11 is 0. The smallest absolute Gasteiger partial charge is 0.423 e. The molecule has 2 aliphatic rings. The van der Waals surface area contributed by atoms with Gasteiger partial charge in [0.25, 0.3) is 0 Å². The lowest BCUT2D eigenvalue weighted by atomic mass is 9.97. The number of hydrogen-bond acceptors (Lipinski definition) is 3. The zero-order chi connectivity index (χ0) is 14.4. The van der Waals surface area contributed by atoms with Crippen molar-refractivity contribution in [1.82, 2.24) is 4.90 Å². The Kier molecular flexibility index (Phi) is 3.36. The zero-order valence-electron chi connectivity index (χ0n) is 10.9. The van der Waals surface area contributed by atoms with Crippen molar-refractivity contribution in [3.8, 4) is 0 Å². The number of ether oxygens (including phenoxy) is 1. The summed E-state index contributed by atoms with van der Waals surface area (Å²) in [5, 5.41) is 0. The van der Waals surface area contributed by atoms with Gasteiger partial charge >= 0.3 is 12.1 Å². The van der Waals surface area contributed by atoms with Crippen LogP contribution in [-0.2, 0) is 9.53 Å². The number of piperidine rings is 1. The van der Waals surface area contributed by atoms with Crippen molar-refractivity contribution in [2.75, 3.05) is 13.7 Å². The Morgan fingerprint density at radius 3 is 2.58 bits per heavy atom. The molecule has 2 rings (SSSR count). The highest BCUT2D eigenvalue weighted by Gasteiger charge is 2.50. The lowest BCUT2D eigenvalue weighted by molar-refractivity contribution is -0.150. The molecule has 0 aromatic heterocycles. The molecule has 106 valence electrons. The fourth-order valence-corrected chi connectivity index (χ4v) is 2.93. The number of carbonyl (C=O) groups excluding carboxylic acids is 1. The average molecular weight is 275 g/mol. The second-order valence-corrected chi connectivity index (χ2v) is 4.87. The molecule has 0 amide bonds. The van der Waals surface area contributed by atoms with Crippen LogP contribution < -0.4 is 0 Å². The van der Waals surface area contributed by atoms with Crippen LogP contribution in [-0.4, -0.2) is 36.7 Å². The number of hydrogen-bond donors (Lipinski definition) is 0. The van der Waals surface area contributed by atoms with Gasteiger partial charge in [0.1, 0.15) is 5.57 Å². The molecule has 2 fully saturated rings. The van der Waals surface area contributed by atoms with E-state index in [-0.39, 0.29) is 30.6 Å². The highest BCUT2D eigenvalue weighted by molar-refractivity contribution is 5.91. The first-order valence-corrected chi connectivity index (χ1v) is 6.16. The predicted molar refractivity (Wildman–Crippen MR) is 63.1 cm³/mol.